The van der Waals surface area contributed by atoms with Crippen LogP contribution in [-0.2, 0) is 4.79 Å². The Bertz CT molecular complexity index is 442. The zero-order valence-corrected chi connectivity index (χ0v) is 10.4. The van der Waals surface area contributed by atoms with Crippen LogP contribution in [0.1, 0.15) is 19.8 Å². The highest BCUT2D eigenvalue weighted by atomic mass is 16.2. The maximum Gasteiger partial charge on any atom is 0.321 e. The van der Waals surface area contributed by atoms with E-state index in [2.05, 4.69) is 10.6 Å². The van der Waals surface area contributed by atoms with Crippen LogP contribution in [0.15, 0.2) is 24.3 Å². The van der Waals surface area contributed by atoms with Crippen molar-refractivity contribution in [2.45, 2.75) is 19.8 Å². The topological polar surface area (TPSA) is 61.4 Å². The van der Waals surface area contributed by atoms with Crippen LogP contribution in [-0.4, -0.2) is 25.0 Å². The quantitative estimate of drug-likeness (QED) is 0.854. The van der Waals surface area contributed by atoms with Crippen LogP contribution in [0, 0.1) is 0 Å². The van der Waals surface area contributed by atoms with E-state index in [1.165, 1.54) is 0 Å². The average molecular weight is 247 g/mol. The van der Waals surface area contributed by atoms with Crippen molar-refractivity contribution in [2.75, 3.05) is 23.3 Å². The number of nitrogens with one attached hydrogen (secondary N) is 2. The van der Waals surface area contributed by atoms with Gasteiger partial charge >= 0.3 is 6.03 Å². The molecule has 1 aliphatic heterocycles. The van der Waals surface area contributed by atoms with E-state index in [4.69, 9.17) is 0 Å². The highest BCUT2D eigenvalue weighted by Gasteiger charge is 2.20. The maximum absolute atomic E-state index is 11.5. The van der Waals surface area contributed by atoms with Crippen LogP contribution in [0.3, 0.4) is 0 Å². The van der Waals surface area contributed by atoms with Crippen LogP contribution in [0.2, 0.25) is 0 Å². The summed E-state index contributed by atoms with van der Waals surface area (Å²) in [6, 6.07) is 7.24. The van der Waals surface area contributed by atoms with Crippen LogP contribution >= 0.6 is 0 Å². The number of hydrogen-bond acceptors (Lipinski definition) is 2. The number of hydrogen-bond donors (Lipinski definition) is 2. The van der Waals surface area contributed by atoms with E-state index in [0.29, 0.717) is 19.5 Å². The Labute approximate surface area is 106 Å². The molecule has 1 aliphatic rings. The van der Waals surface area contributed by atoms with Gasteiger partial charge in [-0.15, -0.1) is 0 Å². The molecule has 18 heavy (non-hydrogen) atoms. The van der Waals surface area contributed by atoms with Crippen LogP contribution in [0.5, 0.6) is 0 Å². The third-order valence-corrected chi connectivity index (χ3v) is 2.80. The van der Waals surface area contributed by atoms with Gasteiger partial charge in [0.15, 0.2) is 0 Å². The molecule has 2 rings (SSSR count). The molecule has 96 valence electrons. The summed E-state index contributed by atoms with van der Waals surface area (Å²) in [4.78, 5) is 24.6. The van der Waals surface area contributed by atoms with Gasteiger partial charge in [0.2, 0.25) is 5.91 Å². The molecule has 5 heteroatoms. The monoisotopic (exact) mass is 247 g/mol. The highest BCUT2D eigenvalue weighted by Crippen LogP contribution is 2.19. The van der Waals surface area contributed by atoms with Gasteiger partial charge in [-0.05, 0) is 30.7 Å². The lowest BCUT2D eigenvalue weighted by molar-refractivity contribution is -0.116. The van der Waals surface area contributed by atoms with Crippen molar-refractivity contribution in [2.24, 2.45) is 0 Å². The van der Waals surface area contributed by atoms with Crippen molar-refractivity contribution in [3.63, 3.8) is 0 Å². The summed E-state index contributed by atoms with van der Waals surface area (Å²) in [5, 5.41) is 5.56. The minimum Gasteiger partial charge on any atom is -0.336 e. The standard InChI is InChI=1S/C13H17N3O2/c1-2-3-12(17)15-10-4-6-11(7-5-10)16-9-8-14-13(16)18/h4-7H,2-3,8-9H2,1H3,(H,14,18)(H,15,17). The fraction of sp³-hybridized carbons (Fsp3) is 0.385. The molecular formula is C13H17N3O2. The second-order valence-electron chi connectivity index (χ2n) is 4.23. The Morgan fingerprint density at radius 1 is 1.39 bits per heavy atom. The van der Waals surface area contributed by atoms with Crippen molar-refractivity contribution >= 4 is 23.3 Å². The molecule has 0 atom stereocenters. The lowest BCUT2D eigenvalue weighted by Crippen LogP contribution is -2.27. The number of nitrogens with zero attached hydrogens (tertiary/aromatic N) is 1. The molecule has 1 heterocycles. The third-order valence-electron chi connectivity index (χ3n) is 2.80. The average Bonchev–Trinajstić information content (AvgIpc) is 2.77. The molecule has 1 fully saturated rings. The first-order chi connectivity index (χ1) is 8.70. The predicted octanol–water partition coefficient (Wildman–Crippen LogP) is 1.95. The molecule has 0 aliphatic carbocycles. The van der Waals surface area contributed by atoms with E-state index in [0.717, 1.165) is 17.8 Å². The first-order valence-corrected chi connectivity index (χ1v) is 6.16. The zero-order chi connectivity index (χ0) is 13.0. The summed E-state index contributed by atoms with van der Waals surface area (Å²) < 4.78 is 0. The lowest BCUT2D eigenvalue weighted by atomic mass is 10.2. The second-order valence-corrected chi connectivity index (χ2v) is 4.23. The van der Waals surface area contributed by atoms with Crippen molar-refractivity contribution in [3.8, 4) is 0 Å². The fourth-order valence-electron chi connectivity index (χ4n) is 1.89. The zero-order valence-electron chi connectivity index (χ0n) is 10.4. The summed E-state index contributed by atoms with van der Waals surface area (Å²) in [6.45, 7) is 3.32. The van der Waals surface area contributed by atoms with Crippen molar-refractivity contribution in [1.29, 1.82) is 0 Å². The summed E-state index contributed by atoms with van der Waals surface area (Å²) in [5.74, 6) is 0.0177. The first kappa shape index (κ1) is 12.4. The predicted molar refractivity (Wildman–Crippen MR) is 70.7 cm³/mol. The van der Waals surface area contributed by atoms with E-state index < -0.39 is 0 Å². The first-order valence-electron chi connectivity index (χ1n) is 6.16. The molecule has 2 N–H and O–H groups in total. The van der Waals surface area contributed by atoms with Crippen molar-refractivity contribution < 1.29 is 9.59 Å². The number of urea groups is 1. The molecule has 0 bridgehead atoms. The number of rotatable bonds is 4. The number of amides is 3. The molecule has 3 amide bonds. The van der Waals surface area contributed by atoms with Crippen LogP contribution < -0.4 is 15.5 Å². The van der Waals surface area contributed by atoms with E-state index in [1.807, 2.05) is 31.2 Å². The lowest BCUT2D eigenvalue weighted by Gasteiger charge is -2.14. The Hall–Kier alpha value is -2.04. The molecule has 0 radical (unpaired) electrons. The third kappa shape index (κ3) is 2.80. The van der Waals surface area contributed by atoms with Crippen molar-refractivity contribution in [1.82, 2.24) is 5.32 Å². The molecule has 0 spiro atoms. The highest BCUT2D eigenvalue weighted by molar-refractivity contribution is 5.95. The number of anilines is 2. The maximum atomic E-state index is 11.5. The molecule has 0 saturated carbocycles. The van der Waals surface area contributed by atoms with Gasteiger partial charge in [-0.2, -0.15) is 0 Å². The number of carbonyl (C=O) groups is 2. The SMILES string of the molecule is CCCC(=O)Nc1ccc(N2CCNC2=O)cc1. The van der Waals surface area contributed by atoms with Gasteiger partial charge in [0.25, 0.3) is 0 Å². The van der Waals surface area contributed by atoms with Gasteiger partial charge in [0, 0.05) is 30.9 Å². The Kier molecular flexibility index (Phi) is 3.82. The Morgan fingerprint density at radius 3 is 2.67 bits per heavy atom. The smallest absolute Gasteiger partial charge is 0.321 e. The molecule has 5 nitrogen and oxygen atoms in total. The van der Waals surface area contributed by atoms with Gasteiger partial charge in [0.05, 0.1) is 0 Å². The number of carbonyl (C=O) groups excluding carboxylic acids is 2. The van der Waals surface area contributed by atoms with E-state index in [9.17, 15) is 9.59 Å². The number of benzene rings is 1. The van der Waals surface area contributed by atoms with Gasteiger partial charge in [-0.3, -0.25) is 9.69 Å². The Balaban J connectivity index is 2.01. The fourth-order valence-corrected chi connectivity index (χ4v) is 1.89. The molecule has 1 saturated heterocycles. The molecule has 0 aromatic heterocycles. The van der Waals surface area contributed by atoms with Gasteiger partial charge in [-0.25, -0.2) is 4.79 Å². The summed E-state index contributed by atoms with van der Waals surface area (Å²) in [6.07, 6.45) is 1.36. The summed E-state index contributed by atoms with van der Waals surface area (Å²) in [5.41, 5.74) is 1.61. The molecular weight excluding hydrogens is 230 g/mol. The van der Waals surface area contributed by atoms with E-state index >= 15 is 0 Å². The van der Waals surface area contributed by atoms with Crippen molar-refractivity contribution in [3.05, 3.63) is 24.3 Å². The molecule has 0 unspecified atom stereocenters. The summed E-state index contributed by atoms with van der Waals surface area (Å²) >= 11 is 0. The van der Waals surface area contributed by atoms with Gasteiger partial charge < -0.3 is 10.6 Å². The van der Waals surface area contributed by atoms with Crippen LogP contribution in [0.4, 0.5) is 16.2 Å². The minimum absolute atomic E-state index is 0.0177. The molecule has 1 aromatic rings. The van der Waals surface area contributed by atoms with Gasteiger partial charge in [-0.1, -0.05) is 6.92 Å². The Morgan fingerprint density at radius 2 is 2.11 bits per heavy atom. The minimum atomic E-state index is -0.0715. The molecule has 1 aromatic carbocycles. The summed E-state index contributed by atoms with van der Waals surface area (Å²) in [7, 11) is 0. The van der Waals surface area contributed by atoms with Gasteiger partial charge in [0.1, 0.15) is 0 Å². The van der Waals surface area contributed by atoms with E-state index in [-0.39, 0.29) is 11.9 Å². The van der Waals surface area contributed by atoms with Crippen LogP contribution in [0.25, 0.3) is 0 Å². The second kappa shape index (κ2) is 5.53. The van der Waals surface area contributed by atoms with E-state index in [1.54, 1.807) is 4.90 Å². The normalized spacial score (nSPS) is 14.5. The largest absolute Gasteiger partial charge is 0.336 e.